The molecule has 0 saturated carbocycles. The number of aromatic nitrogens is 2. The highest BCUT2D eigenvalue weighted by Crippen LogP contribution is 2.23. The highest BCUT2D eigenvalue weighted by molar-refractivity contribution is 8.00. The van der Waals surface area contributed by atoms with Crippen LogP contribution in [-0.2, 0) is 16.1 Å². The molecule has 3 rings (SSSR count). The summed E-state index contributed by atoms with van der Waals surface area (Å²) in [7, 11) is 0. The third-order valence-corrected chi connectivity index (χ3v) is 5.95. The maximum absolute atomic E-state index is 13.1. The van der Waals surface area contributed by atoms with Crippen molar-refractivity contribution in [2.24, 2.45) is 0 Å². The molecule has 156 valence electrons. The third kappa shape index (κ3) is 5.68. The van der Waals surface area contributed by atoms with Gasteiger partial charge >= 0.3 is 0 Å². The quantitative estimate of drug-likeness (QED) is 0.382. The predicted octanol–water partition coefficient (Wildman–Crippen LogP) is 1.90. The minimum atomic E-state index is -0.367. The number of nitrogens with one attached hydrogen (secondary N) is 1. The number of ether oxygens (including phenoxy) is 1. The first kappa shape index (κ1) is 21.5. The fraction of sp³-hybridized carbons (Fsp3) is 0.476. The van der Waals surface area contributed by atoms with Crippen molar-refractivity contribution in [3.63, 3.8) is 0 Å². The van der Waals surface area contributed by atoms with E-state index in [4.69, 9.17) is 9.72 Å². The lowest BCUT2D eigenvalue weighted by Gasteiger charge is -2.26. The zero-order valence-corrected chi connectivity index (χ0v) is 17.6. The lowest BCUT2D eigenvalue weighted by molar-refractivity contribution is -0.120. The van der Waals surface area contributed by atoms with Crippen molar-refractivity contribution in [3.8, 4) is 0 Å². The Morgan fingerprint density at radius 1 is 1.34 bits per heavy atom. The Morgan fingerprint density at radius 2 is 2.10 bits per heavy atom. The molecule has 1 amide bonds. The van der Waals surface area contributed by atoms with Gasteiger partial charge in [-0.2, -0.15) is 0 Å². The topological polar surface area (TPSA) is 76.5 Å². The number of hydrogen-bond donors (Lipinski definition) is 1. The molecule has 0 aliphatic carbocycles. The van der Waals surface area contributed by atoms with E-state index in [2.05, 4.69) is 16.8 Å². The van der Waals surface area contributed by atoms with Gasteiger partial charge in [0.15, 0.2) is 5.16 Å². The Labute approximate surface area is 175 Å². The van der Waals surface area contributed by atoms with Crippen molar-refractivity contribution < 1.29 is 9.53 Å². The maximum atomic E-state index is 13.1. The van der Waals surface area contributed by atoms with Gasteiger partial charge in [-0.1, -0.05) is 30.0 Å². The van der Waals surface area contributed by atoms with Gasteiger partial charge in [0, 0.05) is 32.7 Å². The van der Waals surface area contributed by atoms with Crippen LogP contribution < -0.4 is 10.9 Å². The summed E-state index contributed by atoms with van der Waals surface area (Å²) in [5.74, 6) is -0.0998. The Morgan fingerprint density at radius 3 is 2.86 bits per heavy atom. The SMILES string of the molecule is C=CCNC(=O)[C@H](C)Sc1nc2ccccc2c(=O)n1CCCN1CCOCC1. The summed E-state index contributed by atoms with van der Waals surface area (Å²) >= 11 is 1.32. The second-order valence-corrected chi connectivity index (χ2v) is 8.28. The molecule has 0 radical (unpaired) electrons. The van der Waals surface area contributed by atoms with Crippen LogP contribution in [0.1, 0.15) is 13.3 Å². The summed E-state index contributed by atoms with van der Waals surface area (Å²) in [6.45, 7) is 10.7. The first-order valence-electron chi connectivity index (χ1n) is 9.95. The van der Waals surface area contributed by atoms with Crippen LogP contribution in [-0.4, -0.2) is 65.0 Å². The predicted molar refractivity (Wildman–Crippen MR) is 116 cm³/mol. The van der Waals surface area contributed by atoms with Gasteiger partial charge in [0.25, 0.3) is 5.56 Å². The van der Waals surface area contributed by atoms with Crippen LogP contribution in [0.15, 0.2) is 46.9 Å². The van der Waals surface area contributed by atoms with Crippen molar-refractivity contribution in [2.45, 2.75) is 30.3 Å². The largest absolute Gasteiger partial charge is 0.379 e. The highest BCUT2D eigenvalue weighted by atomic mass is 32.2. The molecule has 1 N–H and O–H groups in total. The van der Waals surface area contributed by atoms with Gasteiger partial charge in [0.05, 0.1) is 29.4 Å². The number of morpholine rings is 1. The van der Waals surface area contributed by atoms with E-state index in [1.54, 1.807) is 16.7 Å². The minimum Gasteiger partial charge on any atom is -0.379 e. The van der Waals surface area contributed by atoms with Gasteiger partial charge in [0.2, 0.25) is 5.91 Å². The molecule has 29 heavy (non-hydrogen) atoms. The van der Waals surface area contributed by atoms with Gasteiger partial charge in [-0.15, -0.1) is 6.58 Å². The molecule has 1 aromatic heterocycles. The number of amides is 1. The molecule has 8 heteroatoms. The molecule has 2 heterocycles. The van der Waals surface area contributed by atoms with Crippen LogP contribution in [0.2, 0.25) is 0 Å². The van der Waals surface area contributed by atoms with Gasteiger partial charge in [-0.3, -0.25) is 19.1 Å². The molecule has 0 bridgehead atoms. The van der Waals surface area contributed by atoms with Crippen molar-refractivity contribution in [3.05, 3.63) is 47.3 Å². The van der Waals surface area contributed by atoms with Crippen LogP contribution >= 0.6 is 11.8 Å². The second kappa shape index (κ2) is 10.6. The lowest BCUT2D eigenvalue weighted by atomic mass is 10.2. The van der Waals surface area contributed by atoms with Crippen molar-refractivity contribution in [1.82, 2.24) is 19.8 Å². The number of thioether (sulfide) groups is 1. The molecular weight excluding hydrogens is 388 g/mol. The summed E-state index contributed by atoms with van der Waals surface area (Å²) in [4.78, 5) is 32.4. The summed E-state index contributed by atoms with van der Waals surface area (Å²) in [6.07, 6.45) is 2.48. The standard InChI is InChI=1S/C21H28N4O3S/c1-3-9-22-19(26)16(2)29-21-23-18-8-5-4-7-17(18)20(27)25(21)11-6-10-24-12-14-28-15-13-24/h3-5,7-8,16H,1,6,9-15H2,2H3,(H,22,26)/t16-/m0/s1. The number of hydrogen-bond acceptors (Lipinski definition) is 6. The molecule has 1 fully saturated rings. The minimum absolute atomic E-state index is 0.0567. The number of carbonyl (C=O) groups excluding carboxylic acids is 1. The number of rotatable bonds is 9. The Balaban J connectivity index is 1.79. The first-order chi connectivity index (χ1) is 14.1. The molecule has 1 aliphatic heterocycles. The molecule has 2 aromatic rings. The van der Waals surface area contributed by atoms with E-state index in [1.165, 1.54) is 11.8 Å². The molecule has 1 aromatic carbocycles. The zero-order chi connectivity index (χ0) is 20.6. The number of fused-ring (bicyclic) bond motifs is 1. The summed E-state index contributed by atoms with van der Waals surface area (Å²) in [5.41, 5.74) is 0.599. The normalized spacial score (nSPS) is 15.9. The fourth-order valence-electron chi connectivity index (χ4n) is 3.24. The number of carbonyl (C=O) groups is 1. The van der Waals surface area contributed by atoms with Gasteiger partial charge in [0.1, 0.15) is 0 Å². The average Bonchev–Trinajstić information content (AvgIpc) is 2.74. The molecule has 1 saturated heterocycles. The van der Waals surface area contributed by atoms with Gasteiger partial charge in [-0.05, 0) is 25.5 Å². The van der Waals surface area contributed by atoms with E-state index in [0.717, 1.165) is 39.3 Å². The van der Waals surface area contributed by atoms with Crippen LogP contribution in [0.25, 0.3) is 10.9 Å². The van der Waals surface area contributed by atoms with Crippen LogP contribution in [0, 0.1) is 0 Å². The average molecular weight is 417 g/mol. The smallest absolute Gasteiger partial charge is 0.262 e. The number of para-hydroxylation sites is 1. The fourth-order valence-corrected chi connectivity index (χ4v) is 4.20. The lowest BCUT2D eigenvalue weighted by Crippen LogP contribution is -2.37. The van der Waals surface area contributed by atoms with E-state index < -0.39 is 0 Å². The summed E-state index contributed by atoms with van der Waals surface area (Å²) in [5, 5.41) is 3.62. The zero-order valence-electron chi connectivity index (χ0n) is 16.8. The van der Waals surface area contributed by atoms with E-state index in [0.29, 0.717) is 29.1 Å². The number of benzene rings is 1. The molecule has 0 spiro atoms. The monoisotopic (exact) mass is 416 g/mol. The summed E-state index contributed by atoms with van der Waals surface area (Å²) in [6, 6.07) is 7.35. The van der Waals surface area contributed by atoms with Crippen LogP contribution in [0.4, 0.5) is 0 Å². The van der Waals surface area contributed by atoms with E-state index in [9.17, 15) is 9.59 Å². The van der Waals surface area contributed by atoms with Crippen molar-refractivity contribution in [2.75, 3.05) is 39.4 Å². The Bertz CT molecular complexity index is 908. The second-order valence-electron chi connectivity index (χ2n) is 6.97. The van der Waals surface area contributed by atoms with Crippen LogP contribution in [0.3, 0.4) is 0 Å². The van der Waals surface area contributed by atoms with E-state index in [1.807, 2.05) is 25.1 Å². The first-order valence-corrected chi connectivity index (χ1v) is 10.8. The molecule has 1 aliphatic rings. The van der Waals surface area contributed by atoms with E-state index in [-0.39, 0.29) is 16.7 Å². The van der Waals surface area contributed by atoms with Gasteiger partial charge in [-0.25, -0.2) is 4.98 Å². The molecular formula is C21H28N4O3S. The third-order valence-electron chi connectivity index (χ3n) is 4.86. The van der Waals surface area contributed by atoms with Gasteiger partial charge < -0.3 is 10.1 Å². The van der Waals surface area contributed by atoms with Crippen LogP contribution in [0.5, 0.6) is 0 Å². The number of nitrogens with zero attached hydrogens (tertiary/aromatic N) is 3. The van der Waals surface area contributed by atoms with E-state index >= 15 is 0 Å². The Kier molecular flexibility index (Phi) is 7.85. The molecule has 0 unspecified atom stereocenters. The molecule has 7 nitrogen and oxygen atoms in total. The maximum Gasteiger partial charge on any atom is 0.262 e. The van der Waals surface area contributed by atoms with Crippen molar-refractivity contribution >= 4 is 28.6 Å². The molecule has 1 atom stereocenters. The summed E-state index contributed by atoms with van der Waals surface area (Å²) < 4.78 is 7.10. The van der Waals surface area contributed by atoms with Crippen molar-refractivity contribution in [1.29, 1.82) is 0 Å². The highest BCUT2D eigenvalue weighted by Gasteiger charge is 2.19. The Hall–Kier alpha value is -2.16.